The van der Waals surface area contributed by atoms with E-state index in [0.717, 1.165) is 48.6 Å². The number of amides is 2. The van der Waals surface area contributed by atoms with E-state index in [4.69, 9.17) is 4.98 Å². The molecule has 7 nitrogen and oxygen atoms in total. The fraction of sp³-hybridized carbons (Fsp3) is 0.667. The highest BCUT2D eigenvalue weighted by atomic mass is 16.2. The Morgan fingerprint density at radius 3 is 2.87 bits per heavy atom. The average molecular weight is 425 g/mol. The van der Waals surface area contributed by atoms with Crippen LogP contribution >= 0.6 is 0 Å². The minimum atomic E-state index is -0.172. The standard InChI is InChI=1S/C24H36N6O/c1-17(2)25-24(31)26-19-8-9-22-20(14-19)27-23-16-28(12-13-30(22)23)15-18-6-5-11-29-10-4-3-7-21(18)29/h8-9,14,17-18,21H,3-7,10-13,15-16H2,1-2H3,(H2,25,26,31)/t18-,21-/m1/s1. The van der Waals surface area contributed by atoms with E-state index < -0.39 is 0 Å². The number of carbonyl (C=O) groups is 1. The van der Waals surface area contributed by atoms with Gasteiger partial charge in [-0.25, -0.2) is 9.78 Å². The van der Waals surface area contributed by atoms with Gasteiger partial charge in [0.1, 0.15) is 5.82 Å². The number of hydrogen-bond acceptors (Lipinski definition) is 4. The smallest absolute Gasteiger partial charge is 0.319 e. The summed E-state index contributed by atoms with van der Waals surface area (Å²) in [6, 6.07) is 6.80. The Hall–Kier alpha value is -2.12. The summed E-state index contributed by atoms with van der Waals surface area (Å²) in [5.41, 5.74) is 2.92. The van der Waals surface area contributed by atoms with Crippen LogP contribution in [0.5, 0.6) is 0 Å². The molecule has 1 aromatic carbocycles. The molecule has 7 heteroatoms. The summed E-state index contributed by atoms with van der Waals surface area (Å²) in [4.78, 5) is 22.4. The van der Waals surface area contributed by atoms with Crippen LogP contribution in [0.15, 0.2) is 18.2 Å². The molecule has 2 N–H and O–H groups in total. The number of nitrogens with zero attached hydrogens (tertiary/aromatic N) is 4. The van der Waals surface area contributed by atoms with Crippen LogP contribution in [-0.2, 0) is 13.1 Å². The molecule has 3 aliphatic heterocycles. The molecule has 2 atom stereocenters. The van der Waals surface area contributed by atoms with Crippen LogP contribution in [0.3, 0.4) is 0 Å². The third-order valence-corrected chi connectivity index (χ3v) is 7.23. The van der Waals surface area contributed by atoms with Crippen LogP contribution in [0, 0.1) is 5.92 Å². The number of anilines is 1. The zero-order valence-electron chi connectivity index (χ0n) is 18.9. The van der Waals surface area contributed by atoms with Crippen molar-refractivity contribution in [2.45, 2.75) is 71.1 Å². The maximum absolute atomic E-state index is 12.0. The first-order valence-electron chi connectivity index (χ1n) is 12.1. The summed E-state index contributed by atoms with van der Waals surface area (Å²) in [5.74, 6) is 1.96. The highest BCUT2D eigenvalue weighted by Crippen LogP contribution is 2.32. The Kier molecular flexibility index (Phi) is 5.89. The predicted molar refractivity (Wildman–Crippen MR) is 124 cm³/mol. The second-order valence-corrected chi connectivity index (χ2v) is 9.87. The molecule has 2 amide bonds. The van der Waals surface area contributed by atoms with Crippen molar-refractivity contribution in [1.82, 2.24) is 24.7 Å². The quantitative estimate of drug-likeness (QED) is 0.786. The summed E-state index contributed by atoms with van der Waals surface area (Å²) in [6.07, 6.45) is 6.90. The maximum Gasteiger partial charge on any atom is 0.319 e. The number of rotatable bonds is 4. The third kappa shape index (κ3) is 4.44. The van der Waals surface area contributed by atoms with Gasteiger partial charge < -0.3 is 20.1 Å². The molecule has 2 aromatic rings. The SMILES string of the molecule is CC(C)NC(=O)Nc1ccc2c(c1)nc1n2CCN(C[C@H]2CCCN3CCCC[C@H]23)C1. The Bertz CT molecular complexity index is 936. The van der Waals surface area contributed by atoms with Gasteiger partial charge in [0, 0.05) is 37.4 Å². The summed E-state index contributed by atoms with van der Waals surface area (Å²) in [7, 11) is 0. The van der Waals surface area contributed by atoms with Crippen LogP contribution in [0.4, 0.5) is 10.5 Å². The molecule has 1 aromatic heterocycles. The van der Waals surface area contributed by atoms with Gasteiger partial charge in [0.25, 0.3) is 0 Å². The van der Waals surface area contributed by atoms with Crippen molar-refractivity contribution < 1.29 is 4.79 Å². The van der Waals surface area contributed by atoms with Crippen LogP contribution < -0.4 is 10.6 Å². The Morgan fingerprint density at radius 1 is 1.13 bits per heavy atom. The molecule has 2 saturated heterocycles. The average Bonchev–Trinajstić information content (AvgIpc) is 3.10. The zero-order chi connectivity index (χ0) is 21.4. The number of aromatic nitrogens is 2. The van der Waals surface area contributed by atoms with Gasteiger partial charge in [-0.1, -0.05) is 6.42 Å². The monoisotopic (exact) mass is 424 g/mol. The van der Waals surface area contributed by atoms with Gasteiger partial charge in [-0.15, -0.1) is 0 Å². The first kappa shape index (κ1) is 20.8. The molecule has 2 fully saturated rings. The molecule has 0 spiro atoms. The predicted octanol–water partition coefficient (Wildman–Crippen LogP) is 3.65. The minimum Gasteiger partial charge on any atom is -0.336 e. The van der Waals surface area contributed by atoms with Crippen LogP contribution in [0.25, 0.3) is 11.0 Å². The first-order chi connectivity index (χ1) is 15.1. The van der Waals surface area contributed by atoms with Gasteiger partial charge in [0.15, 0.2) is 0 Å². The molecular weight excluding hydrogens is 388 g/mol. The Balaban J connectivity index is 1.27. The van der Waals surface area contributed by atoms with E-state index >= 15 is 0 Å². The minimum absolute atomic E-state index is 0.111. The van der Waals surface area contributed by atoms with Gasteiger partial charge >= 0.3 is 6.03 Å². The number of urea groups is 1. The first-order valence-corrected chi connectivity index (χ1v) is 12.1. The lowest BCUT2D eigenvalue weighted by Gasteiger charge is -2.46. The van der Waals surface area contributed by atoms with Crippen molar-refractivity contribution in [3.63, 3.8) is 0 Å². The topological polar surface area (TPSA) is 65.4 Å². The summed E-state index contributed by atoms with van der Waals surface area (Å²) < 4.78 is 2.36. The van der Waals surface area contributed by atoms with E-state index in [-0.39, 0.29) is 12.1 Å². The van der Waals surface area contributed by atoms with E-state index in [1.54, 1.807) is 0 Å². The molecule has 31 heavy (non-hydrogen) atoms. The Morgan fingerprint density at radius 2 is 2.00 bits per heavy atom. The summed E-state index contributed by atoms with van der Waals surface area (Å²) >= 11 is 0. The van der Waals surface area contributed by atoms with Crippen LogP contribution in [-0.4, -0.2) is 63.6 Å². The second kappa shape index (κ2) is 8.79. The molecule has 3 aliphatic rings. The number of carbonyl (C=O) groups excluding carboxylic acids is 1. The largest absolute Gasteiger partial charge is 0.336 e. The number of benzene rings is 1. The van der Waals surface area contributed by atoms with E-state index in [2.05, 4.69) is 31.1 Å². The molecule has 0 unspecified atom stereocenters. The highest BCUT2D eigenvalue weighted by molar-refractivity contribution is 5.92. The molecule has 0 radical (unpaired) electrons. The Labute approximate surface area is 185 Å². The molecule has 5 rings (SSSR count). The van der Waals surface area contributed by atoms with Crippen molar-refractivity contribution in [3.8, 4) is 0 Å². The maximum atomic E-state index is 12.0. The summed E-state index contributed by atoms with van der Waals surface area (Å²) in [5, 5.41) is 5.79. The van der Waals surface area contributed by atoms with Crippen molar-refractivity contribution in [2.75, 3.05) is 31.5 Å². The lowest BCUT2D eigenvalue weighted by Crippen LogP contribution is -2.51. The van der Waals surface area contributed by atoms with Crippen molar-refractivity contribution in [1.29, 1.82) is 0 Å². The zero-order valence-corrected chi connectivity index (χ0v) is 18.9. The van der Waals surface area contributed by atoms with Crippen molar-refractivity contribution >= 4 is 22.8 Å². The third-order valence-electron chi connectivity index (χ3n) is 7.23. The number of piperidine rings is 2. The number of fused-ring (bicyclic) bond motifs is 4. The van der Waals surface area contributed by atoms with E-state index in [9.17, 15) is 4.79 Å². The molecule has 0 bridgehead atoms. The van der Waals surface area contributed by atoms with Gasteiger partial charge in [-0.3, -0.25) is 4.90 Å². The molecule has 168 valence electrons. The second-order valence-electron chi connectivity index (χ2n) is 9.87. The number of nitrogens with one attached hydrogen (secondary N) is 2. The normalized spacial score (nSPS) is 24.7. The van der Waals surface area contributed by atoms with E-state index in [1.807, 2.05) is 26.0 Å². The van der Waals surface area contributed by atoms with Crippen LogP contribution in [0.1, 0.15) is 51.8 Å². The van der Waals surface area contributed by atoms with E-state index in [0.29, 0.717) is 0 Å². The fourth-order valence-electron chi connectivity index (χ4n) is 5.86. The van der Waals surface area contributed by atoms with Gasteiger partial charge in [0.2, 0.25) is 0 Å². The molecule has 0 saturated carbocycles. The van der Waals surface area contributed by atoms with E-state index in [1.165, 1.54) is 57.3 Å². The number of imidazole rings is 1. The lowest BCUT2D eigenvalue weighted by molar-refractivity contribution is 0.0353. The fourth-order valence-corrected chi connectivity index (χ4v) is 5.86. The van der Waals surface area contributed by atoms with Crippen molar-refractivity contribution in [3.05, 3.63) is 24.0 Å². The van der Waals surface area contributed by atoms with Crippen molar-refractivity contribution in [2.24, 2.45) is 5.92 Å². The van der Waals surface area contributed by atoms with Gasteiger partial charge in [0.05, 0.1) is 17.6 Å². The van der Waals surface area contributed by atoms with Gasteiger partial charge in [-0.2, -0.15) is 0 Å². The molecular formula is C24H36N6O. The van der Waals surface area contributed by atoms with Crippen LogP contribution in [0.2, 0.25) is 0 Å². The summed E-state index contributed by atoms with van der Waals surface area (Å²) in [6.45, 7) is 10.7. The number of hydrogen-bond donors (Lipinski definition) is 2. The molecule has 0 aliphatic carbocycles. The highest BCUT2D eigenvalue weighted by Gasteiger charge is 2.34. The molecule has 4 heterocycles. The lowest BCUT2D eigenvalue weighted by atomic mass is 9.83. The van der Waals surface area contributed by atoms with Gasteiger partial charge in [-0.05, 0) is 76.7 Å².